The van der Waals surface area contributed by atoms with Gasteiger partial charge in [-0.05, 0) is 42.9 Å². The molecule has 2 amide bonds. The van der Waals surface area contributed by atoms with E-state index in [0.29, 0.717) is 6.54 Å². The third-order valence-corrected chi connectivity index (χ3v) is 4.13. The Hall–Kier alpha value is -1.55. The van der Waals surface area contributed by atoms with Crippen molar-refractivity contribution in [2.75, 3.05) is 18.4 Å². The average Bonchev–Trinajstić information content (AvgIpc) is 2.73. The van der Waals surface area contributed by atoms with Crippen molar-refractivity contribution in [3.8, 4) is 0 Å². The lowest BCUT2D eigenvalue weighted by atomic mass is 9.98. The first kappa shape index (κ1) is 14.9. The summed E-state index contributed by atoms with van der Waals surface area (Å²) in [5, 5.41) is 2.98. The monoisotopic (exact) mass is 275 g/mol. The lowest BCUT2D eigenvalue weighted by Crippen LogP contribution is -2.35. The molecule has 0 aromatic heterocycles. The van der Waals surface area contributed by atoms with Crippen molar-refractivity contribution in [3.63, 3.8) is 0 Å². The first-order valence-corrected chi connectivity index (χ1v) is 7.58. The van der Waals surface area contributed by atoms with Crippen molar-refractivity contribution in [2.45, 2.75) is 39.2 Å². The fraction of sp³-hybridized carbons (Fsp3) is 0.562. The van der Waals surface area contributed by atoms with Crippen molar-refractivity contribution in [3.05, 3.63) is 29.8 Å². The summed E-state index contributed by atoms with van der Waals surface area (Å²) >= 11 is 0. The number of rotatable bonds is 3. The van der Waals surface area contributed by atoms with Crippen LogP contribution in [0.5, 0.6) is 0 Å². The summed E-state index contributed by atoms with van der Waals surface area (Å²) < 4.78 is 0. The third kappa shape index (κ3) is 3.97. The molecule has 1 aliphatic heterocycles. The van der Waals surface area contributed by atoms with Crippen LogP contribution in [0.25, 0.3) is 0 Å². The molecule has 0 spiro atoms. The van der Waals surface area contributed by atoms with Crippen molar-refractivity contribution >= 4 is 11.7 Å². The minimum atomic E-state index is 0.0101. The highest BCUT2D eigenvalue weighted by Crippen LogP contribution is 2.21. The van der Waals surface area contributed by atoms with Gasteiger partial charge >= 0.3 is 6.03 Å². The van der Waals surface area contributed by atoms with Gasteiger partial charge in [-0.15, -0.1) is 0 Å². The normalized spacial score (nSPS) is 19.5. The number of nitrogens with zero attached hydrogens (tertiary/aromatic N) is 1. The maximum absolute atomic E-state index is 12.3. The number of carbonyl (C=O) groups is 1. The maximum Gasteiger partial charge on any atom is 0.321 e. The van der Waals surface area contributed by atoms with Crippen LogP contribution in [-0.2, 0) is 6.54 Å². The van der Waals surface area contributed by atoms with Crippen molar-refractivity contribution in [1.82, 2.24) is 4.90 Å². The molecular weight excluding hydrogens is 250 g/mol. The van der Waals surface area contributed by atoms with E-state index < -0.39 is 0 Å². The molecule has 1 aliphatic rings. The Morgan fingerprint density at radius 1 is 1.40 bits per heavy atom. The van der Waals surface area contributed by atoms with Crippen LogP contribution >= 0.6 is 0 Å². The summed E-state index contributed by atoms with van der Waals surface area (Å²) in [5.74, 6) is 0.772. The van der Waals surface area contributed by atoms with Gasteiger partial charge in [-0.25, -0.2) is 4.79 Å². The summed E-state index contributed by atoms with van der Waals surface area (Å²) in [5.41, 5.74) is 7.48. The van der Waals surface area contributed by atoms with Gasteiger partial charge in [0.1, 0.15) is 0 Å². The fourth-order valence-corrected chi connectivity index (χ4v) is 2.76. The molecule has 0 radical (unpaired) electrons. The van der Waals surface area contributed by atoms with Gasteiger partial charge in [-0.1, -0.05) is 25.5 Å². The molecule has 1 unspecified atom stereocenters. The second kappa shape index (κ2) is 7.29. The number of amides is 2. The van der Waals surface area contributed by atoms with Gasteiger partial charge < -0.3 is 16.0 Å². The van der Waals surface area contributed by atoms with E-state index in [4.69, 9.17) is 5.73 Å². The highest BCUT2D eigenvalue weighted by Gasteiger charge is 2.19. The zero-order valence-corrected chi connectivity index (χ0v) is 12.3. The molecule has 4 heteroatoms. The minimum Gasteiger partial charge on any atom is -0.326 e. The zero-order valence-electron chi connectivity index (χ0n) is 12.3. The highest BCUT2D eigenvalue weighted by atomic mass is 16.2. The number of urea groups is 1. The number of likely N-dealkylation sites (tertiary alicyclic amines) is 1. The van der Waals surface area contributed by atoms with E-state index in [1.165, 1.54) is 12.8 Å². The number of hydrogen-bond donors (Lipinski definition) is 2. The van der Waals surface area contributed by atoms with Crippen molar-refractivity contribution in [1.29, 1.82) is 0 Å². The third-order valence-electron chi connectivity index (χ3n) is 4.13. The van der Waals surface area contributed by atoms with Gasteiger partial charge in [-0.2, -0.15) is 0 Å². The fourth-order valence-electron chi connectivity index (χ4n) is 2.76. The Kier molecular flexibility index (Phi) is 5.41. The van der Waals surface area contributed by atoms with E-state index in [0.717, 1.165) is 43.1 Å². The molecular formula is C16H25N3O. The van der Waals surface area contributed by atoms with Crippen LogP contribution in [0.2, 0.25) is 0 Å². The van der Waals surface area contributed by atoms with Crippen LogP contribution in [0.4, 0.5) is 10.5 Å². The SMILES string of the molecule is CCC1CCCN(C(=O)Nc2cccc(CN)c2)CC1. The number of benzene rings is 1. The topological polar surface area (TPSA) is 58.4 Å². The first-order valence-electron chi connectivity index (χ1n) is 7.58. The number of nitrogens with two attached hydrogens (primary N) is 1. The standard InChI is InChI=1S/C16H25N3O/c1-2-13-6-4-9-19(10-8-13)16(20)18-15-7-3-5-14(11-15)12-17/h3,5,7,11,13H,2,4,6,8-10,12,17H2,1H3,(H,18,20). The summed E-state index contributed by atoms with van der Waals surface area (Å²) in [6.07, 6.45) is 4.68. The second-order valence-corrected chi connectivity index (χ2v) is 5.53. The molecule has 20 heavy (non-hydrogen) atoms. The number of carbonyl (C=O) groups excluding carboxylic acids is 1. The Balaban J connectivity index is 1.93. The van der Waals surface area contributed by atoms with Crippen LogP contribution in [0.15, 0.2) is 24.3 Å². The molecule has 1 atom stereocenters. The van der Waals surface area contributed by atoms with Crippen LogP contribution in [-0.4, -0.2) is 24.0 Å². The quantitative estimate of drug-likeness (QED) is 0.890. The molecule has 4 nitrogen and oxygen atoms in total. The van der Waals surface area contributed by atoms with Gasteiger partial charge in [0.2, 0.25) is 0 Å². The van der Waals surface area contributed by atoms with Crippen LogP contribution < -0.4 is 11.1 Å². The lowest BCUT2D eigenvalue weighted by Gasteiger charge is -2.21. The molecule has 3 N–H and O–H groups in total. The molecule has 1 saturated heterocycles. The predicted octanol–water partition coefficient (Wildman–Crippen LogP) is 3.19. The Bertz CT molecular complexity index is 447. The largest absolute Gasteiger partial charge is 0.326 e. The van der Waals surface area contributed by atoms with E-state index in [1.807, 2.05) is 29.2 Å². The molecule has 0 saturated carbocycles. The summed E-state index contributed by atoms with van der Waals surface area (Å²) in [4.78, 5) is 14.2. The zero-order chi connectivity index (χ0) is 14.4. The van der Waals surface area contributed by atoms with E-state index in [1.54, 1.807) is 0 Å². The van der Waals surface area contributed by atoms with Gasteiger partial charge in [0, 0.05) is 25.3 Å². The van der Waals surface area contributed by atoms with E-state index in [2.05, 4.69) is 12.2 Å². The van der Waals surface area contributed by atoms with Gasteiger partial charge in [-0.3, -0.25) is 0 Å². The van der Waals surface area contributed by atoms with Gasteiger partial charge in [0.15, 0.2) is 0 Å². The van der Waals surface area contributed by atoms with Crippen molar-refractivity contribution in [2.24, 2.45) is 11.7 Å². The summed E-state index contributed by atoms with van der Waals surface area (Å²) in [6.45, 7) is 4.45. The van der Waals surface area contributed by atoms with Crippen molar-refractivity contribution < 1.29 is 4.79 Å². The molecule has 1 aromatic rings. The van der Waals surface area contributed by atoms with Gasteiger partial charge in [0.25, 0.3) is 0 Å². The van der Waals surface area contributed by atoms with E-state index >= 15 is 0 Å². The number of hydrogen-bond acceptors (Lipinski definition) is 2. The van der Waals surface area contributed by atoms with Crippen LogP contribution in [0.1, 0.15) is 38.2 Å². The first-order chi connectivity index (χ1) is 9.72. The Morgan fingerprint density at radius 3 is 3.00 bits per heavy atom. The second-order valence-electron chi connectivity index (χ2n) is 5.53. The van der Waals surface area contributed by atoms with E-state index in [-0.39, 0.29) is 6.03 Å². The Morgan fingerprint density at radius 2 is 2.25 bits per heavy atom. The Labute approximate surface area is 121 Å². The molecule has 2 rings (SSSR count). The average molecular weight is 275 g/mol. The summed E-state index contributed by atoms with van der Waals surface area (Å²) in [6, 6.07) is 7.74. The molecule has 1 heterocycles. The highest BCUT2D eigenvalue weighted by molar-refractivity contribution is 5.89. The van der Waals surface area contributed by atoms with E-state index in [9.17, 15) is 4.79 Å². The lowest BCUT2D eigenvalue weighted by molar-refractivity contribution is 0.213. The summed E-state index contributed by atoms with van der Waals surface area (Å²) in [7, 11) is 0. The minimum absolute atomic E-state index is 0.0101. The van der Waals surface area contributed by atoms with Gasteiger partial charge in [0.05, 0.1) is 0 Å². The molecule has 0 bridgehead atoms. The molecule has 110 valence electrons. The molecule has 1 fully saturated rings. The maximum atomic E-state index is 12.3. The smallest absolute Gasteiger partial charge is 0.321 e. The number of anilines is 1. The molecule has 1 aromatic carbocycles. The van der Waals surface area contributed by atoms with Crippen LogP contribution in [0.3, 0.4) is 0 Å². The predicted molar refractivity (Wildman–Crippen MR) is 82.6 cm³/mol. The van der Waals surface area contributed by atoms with Crippen LogP contribution in [0, 0.1) is 5.92 Å². The number of nitrogens with one attached hydrogen (secondary N) is 1. The molecule has 0 aliphatic carbocycles.